The number of carbonyl (C=O) groups excluding carboxylic acids is 1. The third-order valence-corrected chi connectivity index (χ3v) is 5.73. The molecule has 2 aromatic rings. The van der Waals surface area contributed by atoms with Crippen LogP contribution in [-0.2, 0) is 4.79 Å². The molecule has 26 heavy (non-hydrogen) atoms. The Morgan fingerprint density at radius 2 is 1.96 bits per heavy atom. The van der Waals surface area contributed by atoms with Crippen molar-refractivity contribution in [3.8, 4) is 0 Å². The molecule has 1 fully saturated rings. The summed E-state index contributed by atoms with van der Waals surface area (Å²) in [6.45, 7) is 6.01. The number of rotatable bonds is 2. The highest BCUT2D eigenvalue weighted by Gasteiger charge is 2.44. The van der Waals surface area contributed by atoms with E-state index in [1.807, 2.05) is 34.1 Å². The van der Waals surface area contributed by atoms with Gasteiger partial charge in [-0.15, -0.1) is 10.2 Å². The molecule has 1 amide bonds. The van der Waals surface area contributed by atoms with Crippen molar-refractivity contribution in [1.82, 2.24) is 15.1 Å². The predicted octanol–water partition coefficient (Wildman–Crippen LogP) is 4.01. The standard InChI is InChI=1S/C20H23ClN4O/c1-13-6-5-11-24(12-13)20(26)19-14(2)15-7-3-4-8-16(15)25(19)18-10-9-17(21)22-23-18/h3-4,7-10,13-14,19H,5-6,11-12H2,1-2H3. The minimum atomic E-state index is -0.298. The van der Waals surface area contributed by atoms with Gasteiger partial charge in [0.25, 0.3) is 0 Å². The molecule has 3 unspecified atom stereocenters. The van der Waals surface area contributed by atoms with E-state index in [2.05, 4.69) is 30.1 Å². The molecule has 1 aromatic carbocycles. The average molecular weight is 371 g/mol. The largest absolute Gasteiger partial charge is 0.341 e. The molecule has 0 radical (unpaired) electrons. The van der Waals surface area contributed by atoms with Crippen molar-refractivity contribution in [2.45, 2.75) is 38.6 Å². The second-order valence-corrected chi connectivity index (χ2v) is 7.80. The molecule has 2 aliphatic rings. The number of likely N-dealkylation sites (tertiary alicyclic amines) is 1. The fourth-order valence-electron chi connectivity index (χ4n) is 4.24. The lowest BCUT2D eigenvalue weighted by molar-refractivity contribution is -0.134. The van der Waals surface area contributed by atoms with Gasteiger partial charge in [0.1, 0.15) is 6.04 Å². The topological polar surface area (TPSA) is 49.3 Å². The van der Waals surface area contributed by atoms with E-state index < -0.39 is 0 Å². The zero-order chi connectivity index (χ0) is 18.3. The van der Waals surface area contributed by atoms with E-state index in [-0.39, 0.29) is 17.9 Å². The van der Waals surface area contributed by atoms with Crippen LogP contribution >= 0.6 is 11.6 Å². The summed E-state index contributed by atoms with van der Waals surface area (Å²) < 4.78 is 0. The van der Waals surface area contributed by atoms with Crippen molar-refractivity contribution in [3.63, 3.8) is 0 Å². The molecule has 0 bridgehead atoms. The maximum absolute atomic E-state index is 13.5. The number of hydrogen-bond acceptors (Lipinski definition) is 4. The Kier molecular flexibility index (Phi) is 4.57. The van der Waals surface area contributed by atoms with Crippen molar-refractivity contribution in [3.05, 3.63) is 47.1 Å². The van der Waals surface area contributed by atoms with E-state index in [0.29, 0.717) is 16.9 Å². The van der Waals surface area contributed by atoms with Gasteiger partial charge in [0, 0.05) is 24.7 Å². The van der Waals surface area contributed by atoms with Crippen LogP contribution in [0.5, 0.6) is 0 Å². The van der Waals surface area contributed by atoms with E-state index in [1.54, 1.807) is 6.07 Å². The van der Waals surface area contributed by atoms with E-state index >= 15 is 0 Å². The molecule has 1 saturated heterocycles. The van der Waals surface area contributed by atoms with Gasteiger partial charge in [0.05, 0.1) is 0 Å². The molecule has 4 rings (SSSR count). The number of nitrogens with zero attached hydrogens (tertiary/aromatic N) is 4. The third-order valence-electron chi connectivity index (χ3n) is 5.53. The smallest absolute Gasteiger partial charge is 0.246 e. The van der Waals surface area contributed by atoms with Gasteiger partial charge in [0.2, 0.25) is 5.91 Å². The minimum Gasteiger partial charge on any atom is -0.341 e. The first-order valence-corrected chi connectivity index (χ1v) is 9.60. The highest BCUT2D eigenvalue weighted by Crippen LogP contribution is 2.45. The highest BCUT2D eigenvalue weighted by molar-refractivity contribution is 6.29. The van der Waals surface area contributed by atoms with Crippen LogP contribution in [0.3, 0.4) is 0 Å². The molecule has 5 nitrogen and oxygen atoms in total. The van der Waals surface area contributed by atoms with Crippen LogP contribution in [0.25, 0.3) is 0 Å². The molecule has 3 atom stereocenters. The Labute approximate surface area is 159 Å². The van der Waals surface area contributed by atoms with Crippen LogP contribution in [-0.4, -0.2) is 40.1 Å². The average Bonchev–Trinajstić information content (AvgIpc) is 2.95. The number of halogens is 1. The first-order chi connectivity index (χ1) is 12.6. The highest BCUT2D eigenvalue weighted by atomic mass is 35.5. The summed E-state index contributed by atoms with van der Waals surface area (Å²) in [5.41, 5.74) is 2.20. The molecule has 3 heterocycles. The van der Waals surface area contributed by atoms with E-state index in [0.717, 1.165) is 25.2 Å². The number of anilines is 2. The molecule has 1 aromatic heterocycles. The summed E-state index contributed by atoms with van der Waals surface area (Å²) in [6, 6.07) is 11.4. The van der Waals surface area contributed by atoms with Gasteiger partial charge >= 0.3 is 0 Å². The Balaban J connectivity index is 1.74. The number of amides is 1. The molecule has 2 aliphatic heterocycles. The van der Waals surface area contributed by atoms with Gasteiger partial charge in [-0.25, -0.2) is 0 Å². The van der Waals surface area contributed by atoms with Crippen molar-refractivity contribution in [2.24, 2.45) is 5.92 Å². The zero-order valence-electron chi connectivity index (χ0n) is 15.1. The quantitative estimate of drug-likeness (QED) is 0.801. The Morgan fingerprint density at radius 3 is 2.69 bits per heavy atom. The van der Waals surface area contributed by atoms with Gasteiger partial charge in [-0.3, -0.25) is 4.79 Å². The lowest BCUT2D eigenvalue weighted by Gasteiger charge is -2.36. The van der Waals surface area contributed by atoms with Gasteiger partial charge in [-0.1, -0.05) is 43.6 Å². The van der Waals surface area contributed by atoms with Gasteiger partial charge in [-0.05, 0) is 42.5 Å². The Hall–Kier alpha value is -2.14. The first kappa shape index (κ1) is 17.3. The zero-order valence-corrected chi connectivity index (χ0v) is 15.9. The number of piperidine rings is 1. The number of fused-ring (bicyclic) bond motifs is 1. The molecular weight excluding hydrogens is 348 g/mol. The summed E-state index contributed by atoms with van der Waals surface area (Å²) >= 11 is 5.92. The fourth-order valence-corrected chi connectivity index (χ4v) is 4.34. The molecule has 136 valence electrons. The minimum absolute atomic E-state index is 0.0911. The Morgan fingerprint density at radius 1 is 1.15 bits per heavy atom. The maximum Gasteiger partial charge on any atom is 0.246 e. The van der Waals surface area contributed by atoms with Crippen LogP contribution in [0.1, 0.15) is 38.2 Å². The Bertz CT molecular complexity index is 810. The summed E-state index contributed by atoms with van der Waals surface area (Å²) in [6.07, 6.45) is 2.26. The number of para-hydroxylation sites is 1. The lowest BCUT2D eigenvalue weighted by Crippen LogP contribution is -2.50. The van der Waals surface area contributed by atoms with Crippen molar-refractivity contribution in [1.29, 1.82) is 0 Å². The van der Waals surface area contributed by atoms with Crippen molar-refractivity contribution in [2.75, 3.05) is 18.0 Å². The fraction of sp³-hybridized carbons (Fsp3) is 0.450. The number of benzene rings is 1. The lowest BCUT2D eigenvalue weighted by atomic mass is 9.94. The van der Waals surface area contributed by atoms with Gasteiger partial charge in [-0.2, -0.15) is 0 Å². The second kappa shape index (κ2) is 6.88. The molecule has 0 N–H and O–H groups in total. The number of aromatic nitrogens is 2. The van der Waals surface area contributed by atoms with Crippen LogP contribution in [0.15, 0.2) is 36.4 Å². The molecule has 6 heteroatoms. The van der Waals surface area contributed by atoms with E-state index in [4.69, 9.17) is 11.6 Å². The summed E-state index contributed by atoms with van der Waals surface area (Å²) in [7, 11) is 0. The summed E-state index contributed by atoms with van der Waals surface area (Å²) in [5, 5.41) is 8.60. The molecule has 0 saturated carbocycles. The van der Waals surface area contributed by atoms with Crippen molar-refractivity contribution >= 4 is 29.0 Å². The molecule has 0 spiro atoms. The number of hydrogen-bond donors (Lipinski definition) is 0. The van der Waals surface area contributed by atoms with Gasteiger partial charge < -0.3 is 9.80 Å². The van der Waals surface area contributed by atoms with Crippen LogP contribution in [0.2, 0.25) is 5.15 Å². The first-order valence-electron chi connectivity index (χ1n) is 9.22. The monoisotopic (exact) mass is 370 g/mol. The normalized spacial score (nSPS) is 25.3. The second-order valence-electron chi connectivity index (χ2n) is 7.41. The van der Waals surface area contributed by atoms with E-state index in [9.17, 15) is 4.79 Å². The van der Waals surface area contributed by atoms with Crippen LogP contribution in [0, 0.1) is 5.92 Å². The van der Waals surface area contributed by atoms with Crippen LogP contribution < -0.4 is 4.90 Å². The predicted molar refractivity (Wildman–Crippen MR) is 103 cm³/mol. The third kappa shape index (κ3) is 2.94. The molecule has 0 aliphatic carbocycles. The van der Waals surface area contributed by atoms with E-state index in [1.165, 1.54) is 12.0 Å². The summed E-state index contributed by atoms with van der Waals surface area (Å²) in [5.74, 6) is 1.48. The maximum atomic E-state index is 13.5. The SMILES string of the molecule is CC1CCCN(C(=O)C2C(C)c3ccccc3N2c2ccc(Cl)nn2)C1. The van der Waals surface area contributed by atoms with Gasteiger partial charge in [0.15, 0.2) is 11.0 Å². The number of carbonyl (C=O) groups is 1. The van der Waals surface area contributed by atoms with Crippen LogP contribution in [0.4, 0.5) is 11.5 Å². The molecular formula is C20H23ClN4O. The summed E-state index contributed by atoms with van der Waals surface area (Å²) in [4.78, 5) is 17.5. The van der Waals surface area contributed by atoms with Crippen molar-refractivity contribution < 1.29 is 4.79 Å².